The second-order valence-electron chi connectivity index (χ2n) is 4.86. The van der Waals surface area contributed by atoms with Gasteiger partial charge in [0.15, 0.2) is 6.61 Å². The summed E-state index contributed by atoms with van der Waals surface area (Å²) < 4.78 is 10.7. The fraction of sp³-hybridized carbons (Fsp3) is 0.188. The molecule has 0 N–H and O–H groups in total. The third-order valence-corrected chi connectivity index (χ3v) is 3.98. The Labute approximate surface area is 131 Å². The van der Waals surface area contributed by atoms with Gasteiger partial charge >= 0.3 is 5.97 Å². The summed E-state index contributed by atoms with van der Waals surface area (Å²) in [5.41, 5.74) is 1.95. The van der Waals surface area contributed by atoms with Gasteiger partial charge in [0, 0.05) is 10.4 Å². The van der Waals surface area contributed by atoms with E-state index in [1.807, 2.05) is 44.2 Å². The number of esters is 1. The third-order valence-electron chi connectivity index (χ3n) is 3.00. The molecule has 3 aromatic rings. The van der Waals surface area contributed by atoms with Crippen LogP contribution in [-0.2, 0) is 11.3 Å². The molecule has 0 amide bonds. The highest BCUT2D eigenvalue weighted by molar-refractivity contribution is 7.13. The fourth-order valence-corrected chi connectivity index (χ4v) is 2.71. The number of nitrogens with zero attached hydrogens (tertiary/aromatic N) is 2. The molecule has 1 aromatic carbocycles. The molecule has 2 aromatic heterocycles. The second-order valence-corrected chi connectivity index (χ2v) is 6.14. The number of carbonyl (C=O) groups excluding carboxylic acids is 1. The Balaban J connectivity index is 1.66. The van der Waals surface area contributed by atoms with Gasteiger partial charge in [-0.3, -0.25) is 0 Å². The van der Waals surface area contributed by atoms with E-state index < -0.39 is 0 Å². The third kappa shape index (κ3) is 3.23. The van der Waals surface area contributed by atoms with Gasteiger partial charge in [0.2, 0.25) is 5.89 Å². The molecule has 5 nitrogen and oxygen atoms in total. The summed E-state index contributed by atoms with van der Waals surface area (Å²) in [6, 6.07) is 11.4. The normalized spacial score (nSPS) is 10.6. The van der Waals surface area contributed by atoms with Crippen molar-refractivity contribution >= 4 is 17.3 Å². The zero-order chi connectivity index (χ0) is 15.5. The summed E-state index contributed by atoms with van der Waals surface area (Å²) in [6.45, 7) is 3.90. The van der Waals surface area contributed by atoms with Crippen LogP contribution >= 0.6 is 11.3 Å². The van der Waals surface area contributed by atoms with E-state index >= 15 is 0 Å². The van der Waals surface area contributed by atoms with Crippen molar-refractivity contribution in [2.45, 2.75) is 20.5 Å². The van der Waals surface area contributed by atoms with Crippen molar-refractivity contribution < 1.29 is 13.9 Å². The van der Waals surface area contributed by atoms with Crippen molar-refractivity contribution in [1.82, 2.24) is 10.2 Å². The molecular formula is C16H14N2O3S. The highest BCUT2D eigenvalue weighted by Crippen LogP contribution is 2.20. The number of benzene rings is 1. The molecule has 0 bridgehead atoms. The predicted octanol–water partition coefficient (Wildman–Crippen LogP) is 3.77. The van der Waals surface area contributed by atoms with Crippen LogP contribution < -0.4 is 0 Å². The maximum absolute atomic E-state index is 11.9. The Morgan fingerprint density at radius 2 is 2.09 bits per heavy atom. The van der Waals surface area contributed by atoms with E-state index in [0.717, 1.165) is 16.0 Å². The van der Waals surface area contributed by atoms with Crippen LogP contribution in [0.1, 0.15) is 26.0 Å². The fourth-order valence-electron chi connectivity index (χ4n) is 1.95. The van der Waals surface area contributed by atoms with Crippen molar-refractivity contribution in [2.24, 2.45) is 0 Å². The van der Waals surface area contributed by atoms with Gasteiger partial charge in [-0.15, -0.1) is 21.5 Å². The maximum Gasteiger partial charge on any atom is 0.348 e. The zero-order valence-corrected chi connectivity index (χ0v) is 13.0. The number of aryl methyl sites for hydroxylation is 2. The molecule has 3 rings (SSSR count). The number of carbonyl (C=O) groups is 1. The molecule has 0 aliphatic rings. The van der Waals surface area contributed by atoms with Crippen molar-refractivity contribution in [2.75, 3.05) is 0 Å². The average Bonchev–Trinajstić information content (AvgIpc) is 3.14. The Bertz CT molecular complexity index is 807. The van der Waals surface area contributed by atoms with Gasteiger partial charge < -0.3 is 9.15 Å². The molecule has 0 saturated heterocycles. The van der Waals surface area contributed by atoms with E-state index in [1.54, 1.807) is 6.07 Å². The lowest BCUT2D eigenvalue weighted by Crippen LogP contribution is -2.03. The van der Waals surface area contributed by atoms with Gasteiger partial charge in [-0.25, -0.2) is 4.79 Å². The molecule has 0 saturated carbocycles. The summed E-state index contributed by atoms with van der Waals surface area (Å²) in [7, 11) is 0. The number of aromatic nitrogens is 2. The molecule has 22 heavy (non-hydrogen) atoms. The van der Waals surface area contributed by atoms with Crippen LogP contribution in [0.2, 0.25) is 0 Å². The van der Waals surface area contributed by atoms with Gasteiger partial charge in [-0.1, -0.05) is 17.7 Å². The minimum absolute atomic E-state index is 0.0331. The zero-order valence-electron chi connectivity index (χ0n) is 12.2. The van der Waals surface area contributed by atoms with E-state index in [1.165, 1.54) is 11.3 Å². The lowest BCUT2D eigenvalue weighted by atomic mass is 10.1. The van der Waals surface area contributed by atoms with Gasteiger partial charge in [0.05, 0.1) is 0 Å². The number of ether oxygens (including phenoxy) is 1. The van der Waals surface area contributed by atoms with Crippen LogP contribution in [0, 0.1) is 13.8 Å². The van der Waals surface area contributed by atoms with Crippen molar-refractivity contribution in [3.05, 3.63) is 57.6 Å². The lowest BCUT2D eigenvalue weighted by Gasteiger charge is -1.99. The van der Waals surface area contributed by atoms with E-state index in [2.05, 4.69) is 10.2 Å². The van der Waals surface area contributed by atoms with Crippen LogP contribution in [0.15, 0.2) is 40.8 Å². The lowest BCUT2D eigenvalue weighted by molar-refractivity contribution is 0.0444. The molecular weight excluding hydrogens is 300 g/mol. The van der Waals surface area contributed by atoms with Crippen LogP contribution in [-0.4, -0.2) is 16.2 Å². The SMILES string of the molecule is Cc1cccc(-c2nnc(COC(=O)c3ccc(C)s3)o2)c1. The second kappa shape index (κ2) is 6.11. The van der Waals surface area contributed by atoms with Crippen molar-refractivity contribution in [3.63, 3.8) is 0 Å². The summed E-state index contributed by atoms with van der Waals surface area (Å²) in [5.74, 6) is 0.313. The Morgan fingerprint density at radius 3 is 2.82 bits per heavy atom. The van der Waals surface area contributed by atoms with E-state index in [0.29, 0.717) is 10.8 Å². The first-order valence-corrected chi connectivity index (χ1v) is 7.56. The molecule has 0 aliphatic carbocycles. The monoisotopic (exact) mass is 314 g/mol. The average molecular weight is 314 g/mol. The number of hydrogen-bond acceptors (Lipinski definition) is 6. The molecule has 0 atom stereocenters. The summed E-state index contributed by atoms with van der Waals surface area (Å²) >= 11 is 1.39. The highest BCUT2D eigenvalue weighted by atomic mass is 32.1. The Morgan fingerprint density at radius 1 is 1.23 bits per heavy atom. The molecule has 0 fully saturated rings. The predicted molar refractivity (Wildman–Crippen MR) is 82.6 cm³/mol. The molecule has 0 unspecified atom stereocenters. The number of rotatable bonds is 4. The summed E-state index contributed by atoms with van der Waals surface area (Å²) in [4.78, 5) is 13.5. The first-order valence-electron chi connectivity index (χ1n) is 6.75. The number of thiophene rings is 1. The highest BCUT2D eigenvalue weighted by Gasteiger charge is 2.13. The van der Waals surface area contributed by atoms with Crippen molar-refractivity contribution in [1.29, 1.82) is 0 Å². The quantitative estimate of drug-likeness (QED) is 0.686. The van der Waals surface area contributed by atoms with Gasteiger partial charge in [-0.2, -0.15) is 0 Å². The molecule has 0 radical (unpaired) electrons. The smallest absolute Gasteiger partial charge is 0.348 e. The minimum Gasteiger partial charge on any atom is -0.451 e. The minimum atomic E-state index is -0.381. The summed E-state index contributed by atoms with van der Waals surface area (Å²) in [5, 5.41) is 7.88. The topological polar surface area (TPSA) is 65.2 Å². The molecule has 6 heteroatoms. The maximum atomic E-state index is 11.9. The molecule has 0 spiro atoms. The Kier molecular flexibility index (Phi) is 4.02. The van der Waals surface area contributed by atoms with E-state index in [9.17, 15) is 4.79 Å². The van der Waals surface area contributed by atoms with Crippen molar-refractivity contribution in [3.8, 4) is 11.5 Å². The molecule has 112 valence electrons. The molecule has 0 aliphatic heterocycles. The van der Waals surface area contributed by atoms with Crippen LogP contribution in [0.4, 0.5) is 0 Å². The molecule has 2 heterocycles. The van der Waals surface area contributed by atoms with Gasteiger partial charge in [0.25, 0.3) is 5.89 Å². The largest absolute Gasteiger partial charge is 0.451 e. The van der Waals surface area contributed by atoms with E-state index in [4.69, 9.17) is 9.15 Å². The standard InChI is InChI=1S/C16H14N2O3S/c1-10-4-3-5-12(8-10)15-18-17-14(21-15)9-20-16(19)13-7-6-11(2)22-13/h3-8H,9H2,1-2H3. The van der Waals surface area contributed by atoms with Gasteiger partial charge in [-0.05, 0) is 38.1 Å². The Hall–Kier alpha value is -2.47. The van der Waals surface area contributed by atoms with Crippen LogP contribution in [0.25, 0.3) is 11.5 Å². The van der Waals surface area contributed by atoms with E-state index in [-0.39, 0.29) is 18.5 Å². The summed E-state index contributed by atoms with van der Waals surface area (Å²) in [6.07, 6.45) is 0. The number of hydrogen-bond donors (Lipinski definition) is 0. The van der Waals surface area contributed by atoms with Gasteiger partial charge in [0.1, 0.15) is 4.88 Å². The van der Waals surface area contributed by atoms with Crippen LogP contribution in [0.5, 0.6) is 0 Å². The first kappa shape index (κ1) is 14.5. The van der Waals surface area contributed by atoms with Crippen LogP contribution in [0.3, 0.4) is 0 Å². The first-order chi connectivity index (χ1) is 10.6.